The summed E-state index contributed by atoms with van der Waals surface area (Å²) in [6.45, 7) is 4.15. The monoisotopic (exact) mass is 286 g/mol. The van der Waals surface area contributed by atoms with E-state index in [-0.39, 0.29) is 36.0 Å². The lowest BCUT2D eigenvalue weighted by atomic mass is 9.90. The largest absolute Gasteiger partial charge is 0.342 e. The lowest BCUT2D eigenvalue weighted by Crippen LogP contribution is -2.35. The van der Waals surface area contributed by atoms with Crippen LogP contribution in [0.25, 0.3) is 0 Å². The van der Waals surface area contributed by atoms with Crippen molar-refractivity contribution in [1.29, 1.82) is 0 Å². The fourth-order valence-corrected chi connectivity index (χ4v) is 2.34. The summed E-state index contributed by atoms with van der Waals surface area (Å²) in [7, 11) is 0. The average molecular weight is 287 g/mol. The minimum atomic E-state index is -0.298. The Bertz CT molecular complexity index is 455. The van der Waals surface area contributed by atoms with Gasteiger partial charge in [0.15, 0.2) is 0 Å². The van der Waals surface area contributed by atoms with Crippen molar-refractivity contribution in [3.8, 4) is 0 Å². The summed E-state index contributed by atoms with van der Waals surface area (Å²) in [5.41, 5.74) is 6.48. The highest BCUT2D eigenvalue weighted by Crippen LogP contribution is 2.28. The van der Waals surface area contributed by atoms with Crippen LogP contribution in [0, 0.1) is 11.2 Å². The quantitative estimate of drug-likeness (QED) is 0.924. The average Bonchev–Trinajstić information content (AvgIpc) is 2.73. The maximum Gasteiger partial charge on any atom is 0.227 e. The van der Waals surface area contributed by atoms with Gasteiger partial charge in [-0.15, -0.1) is 12.4 Å². The summed E-state index contributed by atoms with van der Waals surface area (Å²) >= 11 is 0. The zero-order chi connectivity index (χ0) is 13.2. The molecule has 1 heterocycles. The molecule has 1 aliphatic heterocycles. The normalized spacial score (nSPS) is 22.2. The maximum absolute atomic E-state index is 13.0. The standard InChI is InChI=1S/C14H19FN2O.ClH/c1-14(9-16)5-6-17(10-14)13(18)8-11-3-2-4-12(15)7-11;/h2-4,7H,5-6,8-10,16H2,1H3;1H. The molecule has 1 aromatic carbocycles. The van der Waals surface area contributed by atoms with Gasteiger partial charge in [-0.3, -0.25) is 4.79 Å². The van der Waals surface area contributed by atoms with E-state index in [2.05, 4.69) is 6.92 Å². The van der Waals surface area contributed by atoms with Crippen LogP contribution in [-0.4, -0.2) is 30.4 Å². The van der Waals surface area contributed by atoms with E-state index in [9.17, 15) is 9.18 Å². The Morgan fingerprint density at radius 2 is 2.26 bits per heavy atom. The minimum Gasteiger partial charge on any atom is -0.342 e. The van der Waals surface area contributed by atoms with Gasteiger partial charge in [0.1, 0.15) is 5.82 Å². The molecule has 1 aliphatic rings. The van der Waals surface area contributed by atoms with Crippen LogP contribution in [0.15, 0.2) is 24.3 Å². The SMILES string of the molecule is CC1(CN)CCN(C(=O)Cc2cccc(F)c2)C1.Cl. The number of likely N-dealkylation sites (tertiary alicyclic amines) is 1. The van der Waals surface area contributed by atoms with Gasteiger partial charge in [0.2, 0.25) is 5.91 Å². The van der Waals surface area contributed by atoms with Gasteiger partial charge in [-0.2, -0.15) is 0 Å². The lowest BCUT2D eigenvalue weighted by molar-refractivity contribution is -0.129. The van der Waals surface area contributed by atoms with Gasteiger partial charge in [-0.05, 0) is 36.1 Å². The first-order valence-corrected chi connectivity index (χ1v) is 6.25. The first-order chi connectivity index (χ1) is 8.52. The van der Waals surface area contributed by atoms with Crippen molar-refractivity contribution in [3.05, 3.63) is 35.6 Å². The Morgan fingerprint density at radius 1 is 1.53 bits per heavy atom. The second kappa shape index (κ2) is 6.35. The fourth-order valence-electron chi connectivity index (χ4n) is 2.34. The maximum atomic E-state index is 13.0. The number of nitrogens with two attached hydrogens (primary N) is 1. The molecule has 1 aromatic rings. The van der Waals surface area contributed by atoms with Crippen molar-refractivity contribution in [1.82, 2.24) is 4.90 Å². The number of carbonyl (C=O) groups excluding carboxylic acids is 1. The van der Waals surface area contributed by atoms with E-state index in [0.29, 0.717) is 13.1 Å². The molecule has 1 amide bonds. The minimum absolute atomic E-state index is 0. The lowest BCUT2D eigenvalue weighted by Gasteiger charge is -2.22. The molecule has 0 saturated carbocycles. The highest BCUT2D eigenvalue weighted by atomic mass is 35.5. The molecule has 1 fully saturated rings. The third-order valence-corrected chi connectivity index (χ3v) is 3.65. The van der Waals surface area contributed by atoms with E-state index < -0.39 is 0 Å². The molecule has 1 saturated heterocycles. The number of rotatable bonds is 3. The van der Waals surface area contributed by atoms with Gasteiger partial charge >= 0.3 is 0 Å². The molecular weight excluding hydrogens is 267 g/mol. The number of halogens is 2. The second-order valence-corrected chi connectivity index (χ2v) is 5.39. The highest BCUT2D eigenvalue weighted by Gasteiger charge is 2.34. The molecule has 0 aromatic heterocycles. The summed E-state index contributed by atoms with van der Waals surface area (Å²) in [5, 5.41) is 0. The number of carbonyl (C=O) groups is 1. The first kappa shape index (κ1) is 15.9. The van der Waals surface area contributed by atoms with Gasteiger partial charge in [0, 0.05) is 13.1 Å². The van der Waals surface area contributed by atoms with Crippen LogP contribution in [-0.2, 0) is 11.2 Å². The zero-order valence-corrected chi connectivity index (χ0v) is 11.9. The predicted molar refractivity (Wildman–Crippen MR) is 75.7 cm³/mol. The van der Waals surface area contributed by atoms with E-state index in [1.54, 1.807) is 12.1 Å². The van der Waals surface area contributed by atoms with Crippen molar-refractivity contribution in [2.45, 2.75) is 19.8 Å². The van der Waals surface area contributed by atoms with Crippen LogP contribution < -0.4 is 5.73 Å². The van der Waals surface area contributed by atoms with Crippen molar-refractivity contribution in [2.24, 2.45) is 11.1 Å². The van der Waals surface area contributed by atoms with Gasteiger partial charge in [-0.1, -0.05) is 19.1 Å². The second-order valence-electron chi connectivity index (χ2n) is 5.39. The molecule has 3 nitrogen and oxygen atoms in total. The number of nitrogens with zero attached hydrogens (tertiary/aromatic N) is 1. The predicted octanol–water partition coefficient (Wildman–Crippen LogP) is 1.99. The molecule has 1 unspecified atom stereocenters. The Balaban J connectivity index is 0.00000180. The van der Waals surface area contributed by atoms with E-state index >= 15 is 0 Å². The molecule has 0 radical (unpaired) electrons. The molecule has 0 bridgehead atoms. The van der Waals surface area contributed by atoms with Crippen LogP contribution >= 0.6 is 12.4 Å². The van der Waals surface area contributed by atoms with Gasteiger partial charge < -0.3 is 10.6 Å². The number of hydrogen-bond donors (Lipinski definition) is 1. The van der Waals surface area contributed by atoms with Gasteiger partial charge in [0.25, 0.3) is 0 Å². The third kappa shape index (κ3) is 3.91. The summed E-state index contributed by atoms with van der Waals surface area (Å²) in [5.74, 6) is -0.244. The Morgan fingerprint density at radius 3 is 2.84 bits per heavy atom. The van der Waals surface area contributed by atoms with Gasteiger partial charge in [-0.25, -0.2) is 4.39 Å². The molecule has 2 N–H and O–H groups in total. The van der Waals surface area contributed by atoms with Crippen LogP contribution in [0.5, 0.6) is 0 Å². The third-order valence-electron chi connectivity index (χ3n) is 3.65. The summed E-state index contributed by atoms with van der Waals surface area (Å²) < 4.78 is 13.0. The van der Waals surface area contributed by atoms with Crippen LogP contribution in [0.4, 0.5) is 4.39 Å². The van der Waals surface area contributed by atoms with Crippen LogP contribution in [0.2, 0.25) is 0 Å². The van der Waals surface area contributed by atoms with E-state index in [1.807, 2.05) is 4.90 Å². The van der Waals surface area contributed by atoms with E-state index in [1.165, 1.54) is 12.1 Å². The molecule has 106 valence electrons. The number of hydrogen-bond acceptors (Lipinski definition) is 2. The van der Waals surface area contributed by atoms with Crippen molar-refractivity contribution in [3.63, 3.8) is 0 Å². The molecule has 1 atom stereocenters. The number of benzene rings is 1. The van der Waals surface area contributed by atoms with Crippen LogP contribution in [0.3, 0.4) is 0 Å². The first-order valence-electron chi connectivity index (χ1n) is 6.25. The molecule has 0 aliphatic carbocycles. The molecule has 2 rings (SSSR count). The Labute approximate surface area is 119 Å². The van der Waals surface area contributed by atoms with Crippen LogP contribution in [0.1, 0.15) is 18.9 Å². The molecule has 5 heteroatoms. The van der Waals surface area contributed by atoms with Crippen molar-refractivity contribution in [2.75, 3.05) is 19.6 Å². The highest BCUT2D eigenvalue weighted by molar-refractivity contribution is 5.85. The zero-order valence-electron chi connectivity index (χ0n) is 11.1. The number of amides is 1. The molecular formula is C14H20ClFN2O. The van der Waals surface area contributed by atoms with Crippen molar-refractivity contribution >= 4 is 18.3 Å². The fraction of sp³-hybridized carbons (Fsp3) is 0.500. The van der Waals surface area contributed by atoms with Gasteiger partial charge in [0.05, 0.1) is 6.42 Å². The Kier molecular flexibility index (Phi) is 5.32. The van der Waals surface area contributed by atoms with E-state index in [4.69, 9.17) is 5.73 Å². The molecule has 0 spiro atoms. The van der Waals surface area contributed by atoms with E-state index in [0.717, 1.165) is 18.5 Å². The summed E-state index contributed by atoms with van der Waals surface area (Å²) in [4.78, 5) is 13.9. The smallest absolute Gasteiger partial charge is 0.227 e. The summed E-state index contributed by atoms with van der Waals surface area (Å²) in [6.07, 6.45) is 1.21. The Hall–Kier alpha value is -1.13. The summed E-state index contributed by atoms with van der Waals surface area (Å²) in [6, 6.07) is 6.20. The molecule has 19 heavy (non-hydrogen) atoms. The topological polar surface area (TPSA) is 46.3 Å². The van der Waals surface area contributed by atoms with Crippen molar-refractivity contribution < 1.29 is 9.18 Å².